The van der Waals surface area contributed by atoms with Crippen molar-refractivity contribution >= 4 is 44.3 Å². The third kappa shape index (κ3) is 4.72. The number of benzene rings is 3. The molecule has 3 N–H and O–H groups in total. The van der Waals surface area contributed by atoms with E-state index >= 15 is 0 Å². The quantitative estimate of drug-likeness (QED) is 0.333. The molecule has 3 aromatic carbocycles. The highest BCUT2D eigenvalue weighted by Crippen LogP contribution is 2.22. The molecule has 0 radical (unpaired) electrons. The molecule has 1 amide bonds. The van der Waals surface area contributed by atoms with Gasteiger partial charge in [0.05, 0.1) is 27.2 Å². The van der Waals surface area contributed by atoms with Crippen molar-refractivity contribution in [3.8, 4) is 5.69 Å². The lowest BCUT2D eigenvalue weighted by Crippen LogP contribution is -2.23. The second kappa shape index (κ2) is 8.95. The molecule has 0 aliphatic carbocycles. The summed E-state index contributed by atoms with van der Waals surface area (Å²) in [5, 5.41) is 8.62. The first-order chi connectivity index (χ1) is 15.3. The monoisotopic (exact) mass is 466 g/mol. The van der Waals surface area contributed by atoms with Gasteiger partial charge < -0.3 is 5.32 Å². The number of nitrogens with one attached hydrogen (secondary N) is 1. The molecule has 0 saturated heterocycles. The number of nitrogens with two attached hydrogens (primary N) is 1. The van der Waals surface area contributed by atoms with Crippen LogP contribution in [0.1, 0.15) is 0 Å². The number of nitrogens with zero attached hydrogens (tertiary/aromatic N) is 2. The number of anilines is 1. The average molecular weight is 467 g/mol. The highest BCUT2D eigenvalue weighted by Gasteiger charge is 2.15. The van der Waals surface area contributed by atoms with E-state index in [1.54, 1.807) is 42.5 Å². The number of hydrogen-bond donors (Lipinski definition) is 2. The molecule has 4 aromatic rings. The van der Waals surface area contributed by atoms with Gasteiger partial charge in [-0.1, -0.05) is 48.2 Å². The van der Waals surface area contributed by atoms with E-state index in [1.165, 1.54) is 22.8 Å². The Hall–Kier alpha value is -3.47. The molecule has 4 rings (SSSR count). The summed E-state index contributed by atoms with van der Waals surface area (Å²) < 4.78 is 24.5. The lowest BCUT2D eigenvalue weighted by Gasteiger charge is -2.13. The van der Waals surface area contributed by atoms with Crippen molar-refractivity contribution in [2.24, 2.45) is 5.14 Å². The Bertz CT molecular complexity index is 1470. The Morgan fingerprint density at radius 2 is 1.72 bits per heavy atom. The van der Waals surface area contributed by atoms with Gasteiger partial charge in [0, 0.05) is 5.69 Å². The molecule has 10 heteroatoms. The van der Waals surface area contributed by atoms with E-state index in [-0.39, 0.29) is 22.1 Å². The van der Waals surface area contributed by atoms with Crippen LogP contribution in [0.2, 0.25) is 0 Å². The number of hydrogen-bond acceptors (Lipinski definition) is 6. The normalized spacial score (nSPS) is 11.4. The second-order valence-corrected chi connectivity index (χ2v) is 9.30. The molecule has 32 heavy (non-hydrogen) atoms. The van der Waals surface area contributed by atoms with Gasteiger partial charge in [0.25, 0.3) is 5.56 Å². The van der Waals surface area contributed by atoms with Crippen molar-refractivity contribution in [1.29, 1.82) is 0 Å². The smallest absolute Gasteiger partial charge is 0.266 e. The highest BCUT2D eigenvalue weighted by atomic mass is 32.2. The Kier molecular flexibility index (Phi) is 6.08. The lowest BCUT2D eigenvalue weighted by atomic mass is 10.2. The third-order valence-electron chi connectivity index (χ3n) is 4.54. The van der Waals surface area contributed by atoms with Crippen LogP contribution >= 0.6 is 11.8 Å². The molecular formula is C22H18N4O4S2. The zero-order chi connectivity index (χ0) is 22.7. The number of primary sulfonamides is 1. The number of para-hydroxylation sites is 2. The number of aromatic nitrogens is 2. The lowest BCUT2D eigenvalue weighted by molar-refractivity contribution is -0.113. The standard InChI is InChI=1S/C22H18N4O4S2/c23-32(29,30)17-10-6-7-15(13-17)24-20(27)14-31-22-25-19-12-5-4-11-18(19)21(28)26(22)16-8-2-1-3-9-16/h1-13H,14H2,(H,24,27)(H2,23,29,30). The summed E-state index contributed by atoms with van der Waals surface area (Å²) in [5.41, 5.74) is 1.24. The van der Waals surface area contributed by atoms with Crippen LogP contribution in [0.3, 0.4) is 0 Å². The predicted molar refractivity (Wildman–Crippen MR) is 125 cm³/mol. The van der Waals surface area contributed by atoms with Crippen LogP contribution in [0.15, 0.2) is 93.7 Å². The number of sulfonamides is 1. The summed E-state index contributed by atoms with van der Waals surface area (Å²) in [5.74, 6) is -0.430. The fraction of sp³-hybridized carbons (Fsp3) is 0.0455. The van der Waals surface area contributed by atoms with Crippen molar-refractivity contribution in [2.75, 3.05) is 11.1 Å². The first kappa shape index (κ1) is 21.8. The molecule has 162 valence electrons. The molecule has 0 aliphatic rings. The fourth-order valence-corrected chi connectivity index (χ4v) is 4.46. The fourth-order valence-electron chi connectivity index (χ4n) is 3.09. The molecule has 0 unspecified atom stereocenters. The molecular weight excluding hydrogens is 448 g/mol. The SMILES string of the molecule is NS(=O)(=O)c1cccc(NC(=O)CSc2nc3ccccc3c(=O)n2-c2ccccc2)c1. The molecule has 0 spiro atoms. The number of fused-ring (bicyclic) bond motifs is 1. The molecule has 0 fully saturated rings. The third-order valence-corrected chi connectivity index (χ3v) is 6.39. The minimum atomic E-state index is -3.88. The summed E-state index contributed by atoms with van der Waals surface area (Å²) in [6.07, 6.45) is 0. The van der Waals surface area contributed by atoms with Gasteiger partial charge in [-0.05, 0) is 42.5 Å². The molecule has 1 heterocycles. The summed E-state index contributed by atoms with van der Waals surface area (Å²) in [7, 11) is -3.88. The van der Waals surface area contributed by atoms with Gasteiger partial charge >= 0.3 is 0 Å². The number of thioether (sulfide) groups is 1. The van der Waals surface area contributed by atoms with Crippen LogP contribution in [0.4, 0.5) is 5.69 Å². The highest BCUT2D eigenvalue weighted by molar-refractivity contribution is 7.99. The Morgan fingerprint density at radius 1 is 1.00 bits per heavy atom. The minimum absolute atomic E-state index is 0.0444. The van der Waals surface area contributed by atoms with Crippen LogP contribution in [0.5, 0.6) is 0 Å². The topological polar surface area (TPSA) is 124 Å². The van der Waals surface area contributed by atoms with E-state index in [0.717, 1.165) is 11.8 Å². The number of rotatable bonds is 6. The van der Waals surface area contributed by atoms with Gasteiger partial charge in [0.2, 0.25) is 15.9 Å². The summed E-state index contributed by atoms with van der Waals surface area (Å²) >= 11 is 1.10. The van der Waals surface area contributed by atoms with E-state index in [9.17, 15) is 18.0 Å². The maximum atomic E-state index is 13.2. The van der Waals surface area contributed by atoms with Crippen molar-refractivity contribution in [1.82, 2.24) is 9.55 Å². The molecule has 1 aromatic heterocycles. The van der Waals surface area contributed by atoms with Gasteiger partial charge in [-0.2, -0.15) is 0 Å². The summed E-state index contributed by atoms with van der Waals surface area (Å²) in [4.78, 5) is 30.2. The maximum absolute atomic E-state index is 13.2. The van der Waals surface area contributed by atoms with E-state index in [0.29, 0.717) is 27.4 Å². The van der Waals surface area contributed by atoms with Crippen molar-refractivity contribution in [2.45, 2.75) is 10.1 Å². The van der Waals surface area contributed by atoms with Crippen LogP contribution in [0.25, 0.3) is 16.6 Å². The number of amides is 1. The van der Waals surface area contributed by atoms with Gasteiger partial charge in [0.15, 0.2) is 5.16 Å². The first-order valence-corrected chi connectivity index (χ1v) is 12.0. The van der Waals surface area contributed by atoms with E-state index in [4.69, 9.17) is 5.14 Å². The molecule has 0 atom stereocenters. The largest absolute Gasteiger partial charge is 0.325 e. The van der Waals surface area contributed by atoms with Crippen LogP contribution in [-0.4, -0.2) is 29.6 Å². The zero-order valence-corrected chi connectivity index (χ0v) is 18.3. The van der Waals surface area contributed by atoms with Crippen molar-refractivity contribution in [3.63, 3.8) is 0 Å². The molecule has 0 saturated carbocycles. The van der Waals surface area contributed by atoms with Crippen molar-refractivity contribution < 1.29 is 13.2 Å². The van der Waals surface area contributed by atoms with Gasteiger partial charge in [-0.3, -0.25) is 14.2 Å². The average Bonchev–Trinajstić information content (AvgIpc) is 2.78. The zero-order valence-electron chi connectivity index (χ0n) is 16.6. The van der Waals surface area contributed by atoms with Crippen LogP contribution in [-0.2, 0) is 14.8 Å². The number of carbonyl (C=O) groups excluding carboxylic acids is 1. The van der Waals surface area contributed by atoms with Crippen LogP contribution < -0.4 is 16.0 Å². The molecule has 8 nitrogen and oxygen atoms in total. The number of carbonyl (C=O) groups is 1. The van der Waals surface area contributed by atoms with Gasteiger partial charge in [0.1, 0.15) is 0 Å². The van der Waals surface area contributed by atoms with Gasteiger partial charge in [-0.25, -0.2) is 18.5 Å². The summed E-state index contributed by atoms with van der Waals surface area (Å²) in [6, 6.07) is 21.8. The predicted octanol–water partition coefficient (Wildman–Crippen LogP) is 2.76. The van der Waals surface area contributed by atoms with Crippen LogP contribution in [0, 0.1) is 0 Å². The van der Waals surface area contributed by atoms with E-state index < -0.39 is 10.0 Å². The van der Waals surface area contributed by atoms with E-state index in [2.05, 4.69) is 10.3 Å². The second-order valence-electron chi connectivity index (χ2n) is 6.80. The van der Waals surface area contributed by atoms with E-state index in [1.807, 2.05) is 18.2 Å². The Labute approximate surface area is 188 Å². The molecule has 0 bridgehead atoms. The van der Waals surface area contributed by atoms with Crippen molar-refractivity contribution in [3.05, 3.63) is 89.2 Å². The Morgan fingerprint density at radius 3 is 2.47 bits per heavy atom. The minimum Gasteiger partial charge on any atom is -0.325 e. The Balaban J connectivity index is 1.62. The summed E-state index contributed by atoms with van der Waals surface area (Å²) in [6.45, 7) is 0. The van der Waals surface area contributed by atoms with Gasteiger partial charge in [-0.15, -0.1) is 0 Å². The molecule has 0 aliphatic heterocycles. The first-order valence-electron chi connectivity index (χ1n) is 9.46. The maximum Gasteiger partial charge on any atom is 0.266 e.